The number of aromatic nitrogens is 4. The van der Waals surface area contributed by atoms with Crippen molar-refractivity contribution in [2.75, 3.05) is 24.6 Å². The fourth-order valence-electron chi connectivity index (χ4n) is 2.93. The molecule has 112 valence electrons. The van der Waals surface area contributed by atoms with Crippen molar-refractivity contribution in [2.45, 2.75) is 25.2 Å². The number of piperidine rings is 1. The lowest BCUT2D eigenvalue weighted by molar-refractivity contribution is 0.296. The Morgan fingerprint density at radius 3 is 2.90 bits per heavy atom. The van der Waals surface area contributed by atoms with Gasteiger partial charge in [-0.2, -0.15) is 5.10 Å². The van der Waals surface area contributed by atoms with Crippen molar-refractivity contribution in [3.63, 3.8) is 0 Å². The molecule has 3 rings (SSSR count). The maximum Gasteiger partial charge on any atom is 0.225 e. The SMILES string of the molecule is Cn1nc(C2CCCN(c3ncccn3)C2)cc1CCO. The van der Waals surface area contributed by atoms with E-state index in [0.717, 1.165) is 43.3 Å². The zero-order valence-corrected chi connectivity index (χ0v) is 12.3. The first-order valence-electron chi connectivity index (χ1n) is 7.43. The lowest BCUT2D eigenvalue weighted by Crippen LogP contribution is -2.35. The Balaban J connectivity index is 1.75. The average molecular weight is 287 g/mol. The summed E-state index contributed by atoms with van der Waals surface area (Å²) in [5.74, 6) is 1.20. The maximum absolute atomic E-state index is 9.09. The van der Waals surface area contributed by atoms with Crippen LogP contribution in [0.2, 0.25) is 0 Å². The molecule has 3 heterocycles. The van der Waals surface area contributed by atoms with Gasteiger partial charge in [-0.1, -0.05) is 0 Å². The van der Waals surface area contributed by atoms with Gasteiger partial charge >= 0.3 is 0 Å². The number of aliphatic hydroxyl groups is 1. The van der Waals surface area contributed by atoms with Gasteiger partial charge in [0.1, 0.15) is 0 Å². The molecule has 6 nitrogen and oxygen atoms in total. The molecule has 0 aromatic carbocycles. The van der Waals surface area contributed by atoms with E-state index in [2.05, 4.69) is 26.0 Å². The predicted molar refractivity (Wildman–Crippen MR) is 80.2 cm³/mol. The highest BCUT2D eigenvalue weighted by atomic mass is 16.3. The normalized spacial score (nSPS) is 19.0. The van der Waals surface area contributed by atoms with Crippen LogP contribution < -0.4 is 4.90 Å². The molecule has 0 spiro atoms. The highest BCUT2D eigenvalue weighted by molar-refractivity contribution is 5.31. The van der Waals surface area contributed by atoms with Crippen LogP contribution in [0.15, 0.2) is 24.5 Å². The van der Waals surface area contributed by atoms with E-state index in [0.29, 0.717) is 12.3 Å². The number of aryl methyl sites for hydroxylation is 1. The summed E-state index contributed by atoms with van der Waals surface area (Å²) in [6.45, 7) is 2.06. The van der Waals surface area contributed by atoms with Gasteiger partial charge in [0.15, 0.2) is 0 Å². The zero-order chi connectivity index (χ0) is 14.7. The van der Waals surface area contributed by atoms with E-state index in [1.807, 2.05) is 17.8 Å². The topological polar surface area (TPSA) is 67.1 Å². The van der Waals surface area contributed by atoms with E-state index in [1.54, 1.807) is 12.4 Å². The van der Waals surface area contributed by atoms with Gasteiger partial charge in [-0.25, -0.2) is 9.97 Å². The summed E-state index contributed by atoms with van der Waals surface area (Å²) in [5, 5.41) is 13.7. The zero-order valence-electron chi connectivity index (χ0n) is 12.3. The van der Waals surface area contributed by atoms with E-state index in [4.69, 9.17) is 5.11 Å². The fourth-order valence-corrected chi connectivity index (χ4v) is 2.93. The Labute approximate surface area is 124 Å². The molecule has 1 unspecified atom stereocenters. The van der Waals surface area contributed by atoms with E-state index in [1.165, 1.54) is 0 Å². The lowest BCUT2D eigenvalue weighted by atomic mass is 9.95. The molecule has 21 heavy (non-hydrogen) atoms. The van der Waals surface area contributed by atoms with Gasteiger partial charge in [-0.15, -0.1) is 0 Å². The van der Waals surface area contributed by atoms with Gasteiger partial charge in [0.05, 0.1) is 5.69 Å². The van der Waals surface area contributed by atoms with Gasteiger partial charge in [0.25, 0.3) is 0 Å². The molecule has 0 amide bonds. The predicted octanol–water partition coefficient (Wildman–Crippen LogP) is 1.13. The van der Waals surface area contributed by atoms with Crippen molar-refractivity contribution in [1.29, 1.82) is 0 Å². The second-order valence-corrected chi connectivity index (χ2v) is 5.49. The largest absolute Gasteiger partial charge is 0.396 e. The van der Waals surface area contributed by atoms with Crippen LogP contribution in [0.25, 0.3) is 0 Å². The van der Waals surface area contributed by atoms with Gasteiger partial charge in [0.2, 0.25) is 5.95 Å². The van der Waals surface area contributed by atoms with E-state index < -0.39 is 0 Å². The molecule has 1 N–H and O–H groups in total. The molecular weight excluding hydrogens is 266 g/mol. The molecule has 1 fully saturated rings. The molecule has 2 aromatic heterocycles. The molecule has 0 bridgehead atoms. The average Bonchev–Trinajstić information content (AvgIpc) is 2.90. The summed E-state index contributed by atoms with van der Waals surface area (Å²) in [7, 11) is 1.94. The molecule has 1 saturated heterocycles. The van der Waals surface area contributed by atoms with Crippen LogP contribution in [0, 0.1) is 0 Å². The Morgan fingerprint density at radius 2 is 2.14 bits per heavy atom. The minimum atomic E-state index is 0.160. The van der Waals surface area contributed by atoms with E-state index >= 15 is 0 Å². The molecule has 1 aliphatic rings. The molecule has 1 aliphatic heterocycles. The summed E-state index contributed by atoms with van der Waals surface area (Å²) >= 11 is 0. The highest BCUT2D eigenvalue weighted by Crippen LogP contribution is 2.28. The molecular formula is C15H21N5O. The van der Waals surface area contributed by atoms with Crippen LogP contribution in [-0.2, 0) is 13.5 Å². The molecule has 0 aliphatic carbocycles. The Hall–Kier alpha value is -1.95. The molecule has 1 atom stereocenters. The number of aliphatic hydroxyl groups excluding tert-OH is 1. The smallest absolute Gasteiger partial charge is 0.225 e. The summed E-state index contributed by atoms with van der Waals surface area (Å²) in [6.07, 6.45) is 6.48. The summed E-state index contributed by atoms with van der Waals surface area (Å²) < 4.78 is 1.88. The number of rotatable bonds is 4. The van der Waals surface area contributed by atoms with E-state index in [9.17, 15) is 0 Å². The molecule has 2 aromatic rings. The van der Waals surface area contributed by atoms with Crippen molar-refractivity contribution in [3.05, 3.63) is 35.9 Å². The number of hydrogen-bond donors (Lipinski definition) is 1. The number of nitrogens with zero attached hydrogens (tertiary/aromatic N) is 5. The number of anilines is 1. The van der Waals surface area contributed by atoms with Crippen molar-refractivity contribution in [1.82, 2.24) is 19.7 Å². The lowest BCUT2D eigenvalue weighted by Gasteiger charge is -2.31. The van der Waals surface area contributed by atoms with Crippen LogP contribution in [0.5, 0.6) is 0 Å². The second-order valence-electron chi connectivity index (χ2n) is 5.49. The summed E-state index contributed by atoms with van der Waals surface area (Å²) in [6, 6.07) is 3.96. The quantitative estimate of drug-likeness (QED) is 0.913. The second kappa shape index (κ2) is 6.22. The Kier molecular flexibility index (Phi) is 4.15. The first-order valence-corrected chi connectivity index (χ1v) is 7.43. The standard InChI is InChI=1S/C15H21N5O/c1-19-13(5-9-21)10-14(18-19)12-4-2-8-20(11-12)15-16-6-3-7-17-15/h3,6-7,10,12,21H,2,4-5,8-9,11H2,1H3. The number of hydrogen-bond acceptors (Lipinski definition) is 5. The first kappa shape index (κ1) is 14.0. The van der Waals surface area contributed by atoms with Crippen molar-refractivity contribution in [2.24, 2.45) is 7.05 Å². The maximum atomic E-state index is 9.09. The van der Waals surface area contributed by atoms with E-state index in [-0.39, 0.29) is 6.61 Å². The van der Waals surface area contributed by atoms with Crippen LogP contribution in [-0.4, -0.2) is 44.6 Å². The molecule has 0 saturated carbocycles. The van der Waals surface area contributed by atoms with Crippen molar-refractivity contribution in [3.8, 4) is 0 Å². The summed E-state index contributed by atoms with van der Waals surface area (Å²) in [4.78, 5) is 10.9. The van der Waals surface area contributed by atoms with Crippen molar-refractivity contribution < 1.29 is 5.11 Å². The highest BCUT2D eigenvalue weighted by Gasteiger charge is 2.25. The van der Waals surface area contributed by atoms with Gasteiger partial charge in [-0.3, -0.25) is 4.68 Å². The molecule has 6 heteroatoms. The van der Waals surface area contributed by atoms with Gasteiger partial charge in [0, 0.05) is 57.2 Å². The third kappa shape index (κ3) is 3.05. The van der Waals surface area contributed by atoms with Crippen molar-refractivity contribution >= 4 is 5.95 Å². The third-order valence-corrected chi connectivity index (χ3v) is 4.04. The Morgan fingerprint density at radius 1 is 1.33 bits per heavy atom. The third-order valence-electron chi connectivity index (χ3n) is 4.04. The van der Waals surface area contributed by atoms with Crippen LogP contribution in [0.4, 0.5) is 5.95 Å². The van der Waals surface area contributed by atoms with Crippen LogP contribution in [0.3, 0.4) is 0 Å². The molecule has 0 radical (unpaired) electrons. The van der Waals surface area contributed by atoms with Crippen LogP contribution >= 0.6 is 0 Å². The van der Waals surface area contributed by atoms with Gasteiger partial charge < -0.3 is 10.0 Å². The van der Waals surface area contributed by atoms with Gasteiger partial charge in [-0.05, 0) is 25.0 Å². The minimum absolute atomic E-state index is 0.160. The Bertz CT molecular complexity index is 583. The monoisotopic (exact) mass is 287 g/mol. The summed E-state index contributed by atoms with van der Waals surface area (Å²) in [5.41, 5.74) is 2.20. The fraction of sp³-hybridized carbons (Fsp3) is 0.533. The van der Waals surface area contributed by atoms with Crippen LogP contribution in [0.1, 0.15) is 30.1 Å². The first-order chi connectivity index (χ1) is 10.3. The minimum Gasteiger partial charge on any atom is -0.396 e.